The van der Waals surface area contributed by atoms with Gasteiger partial charge in [0.1, 0.15) is 11.6 Å². The molecule has 0 amide bonds. The van der Waals surface area contributed by atoms with Crippen molar-refractivity contribution in [3.05, 3.63) is 30.1 Å². The van der Waals surface area contributed by atoms with Gasteiger partial charge in [0.2, 0.25) is 5.95 Å². The van der Waals surface area contributed by atoms with Gasteiger partial charge in [-0.15, -0.1) is 0 Å². The highest BCUT2D eigenvalue weighted by molar-refractivity contribution is 5.55. The summed E-state index contributed by atoms with van der Waals surface area (Å²) in [6, 6.07) is 3.98. The van der Waals surface area contributed by atoms with Crippen molar-refractivity contribution in [2.24, 2.45) is 0 Å². The molecule has 3 rings (SSSR count). The molecular formula is C14H19N7. The van der Waals surface area contributed by atoms with Crippen LogP contribution < -0.4 is 21.3 Å². The molecule has 1 aliphatic rings. The molecule has 7 heteroatoms. The van der Waals surface area contributed by atoms with Crippen molar-refractivity contribution in [3.8, 4) is 0 Å². The zero-order chi connectivity index (χ0) is 14.7. The van der Waals surface area contributed by atoms with E-state index in [0.717, 1.165) is 37.4 Å². The van der Waals surface area contributed by atoms with Gasteiger partial charge in [0.25, 0.3) is 0 Å². The molecular weight excluding hydrogens is 266 g/mol. The SMILES string of the molecule is Cc1cnc(Nc2ccc(N3CCNCC3)cn2)nc1N. The molecule has 0 atom stereocenters. The molecule has 0 radical (unpaired) electrons. The minimum absolute atomic E-state index is 0.459. The first kappa shape index (κ1) is 13.6. The summed E-state index contributed by atoms with van der Waals surface area (Å²) in [5, 5.41) is 6.39. The number of nitrogens with two attached hydrogens (primary N) is 1. The molecule has 0 bridgehead atoms. The number of rotatable bonds is 3. The number of nitrogens with one attached hydrogen (secondary N) is 2. The zero-order valence-electron chi connectivity index (χ0n) is 12.0. The number of hydrogen-bond donors (Lipinski definition) is 3. The zero-order valence-corrected chi connectivity index (χ0v) is 12.0. The molecule has 2 aromatic heterocycles. The predicted molar refractivity (Wildman–Crippen MR) is 83.8 cm³/mol. The van der Waals surface area contributed by atoms with Gasteiger partial charge in [-0.25, -0.2) is 9.97 Å². The van der Waals surface area contributed by atoms with Crippen LogP contribution in [0.1, 0.15) is 5.56 Å². The lowest BCUT2D eigenvalue weighted by atomic mass is 10.3. The van der Waals surface area contributed by atoms with Crippen LogP contribution in [0.15, 0.2) is 24.5 Å². The van der Waals surface area contributed by atoms with Crippen LogP contribution in [0.25, 0.3) is 0 Å². The topological polar surface area (TPSA) is 92.0 Å². The molecule has 1 aliphatic heterocycles. The first-order chi connectivity index (χ1) is 10.2. The summed E-state index contributed by atoms with van der Waals surface area (Å²) < 4.78 is 0. The Labute approximate surface area is 123 Å². The number of aromatic nitrogens is 3. The van der Waals surface area contributed by atoms with Crippen molar-refractivity contribution < 1.29 is 0 Å². The molecule has 0 saturated carbocycles. The second-order valence-electron chi connectivity index (χ2n) is 5.03. The number of nitrogen functional groups attached to an aromatic ring is 1. The van der Waals surface area contributed by atoms with Crippen molar-refractivity contribution >= 4 is 23.3 Å². The van der Waals surface area contributed by atoms with E-state index < -0.39 is 0 Å². The van der Waals surface area contributed by atoms with E-state index in [2.05, 4.69) is 36.6 Å². The van der Waals surface area contributed by atoms with E-state index >= 15 is 0 Å². The van der Waals surface area contributed by atoms with Crippen molar-refractivity contribution in [1.82, 2.24) is 20.3 Å². The standard InChI is InChI=1S/C14H19N7/c1-10-8-18-14(20-13(10)15)19-12-3-2-11(9-17-12)21-6-4-16-5-7-21/h2-3,8-9,16H,4-7H2,1H3,(H3,15,17,18,19,20). The van der Waals surface area contributed by atoms with Crippen LogP contribution in [0.5, 0.6) is 0 Å². The van der Waals surface area contributed by atoms with Crippen molar-refractivity contribution in [3.63, 3.8) is 0 Å². The fourth-order valence-corrected chi connectivity index (χ4v) is 2.20. The number of hydrogen-bond acceptors (Lipinski definition) is 7. The first-order valence-corrected chi connectivity index (χ1v) is 7.00. The van der Waals surface area contributed by atoms with Crippen LogP contribution in [-0.4, -0.2) is 41.1 Å². The Bertz CT molecular complexity index is 605. The minimum Gasteiger partial charge on any atom is -0.383 e. The molecule has 2 aromatic rings. The maximum Gasteiger partial charge on any atom is 0.230 e. The molecule has 21 heavy (non-hydrogen) atoms. The molecule has 1 saturated heterocycles. The molecule has 110 valence electrons. The Balaban J connectivity index is 1.70. The molecule has 3 heterocycles. The van der Waals surface area contributed by atoms with E-state index in [1.165, 1.54) is 0 Å². The van der Waals surface area contributed by atoms with E-state index in [-0.39, 0.29) is 0 Å². The van der Waals surface area contributed by atoms with E-state index in [0.29, 0.717) is 17.6 Å². The summed E-state index contributed by atoms with van der Waals surface area (Å²) in [5.41, 5.74) is 7.77. The Kier molecular flexibility index (Phi) is 3.83. The lowest BCUT2D eigenvalue weighted by molar-refractivity contribution is 0.589. The van der Waals surface area contributed by atoms with Crippen LogP contribution in [0.2, 0.25) is 0 Å². The Morgan fingerprint density at radius 1 is 1.19 bits per heavy atom. The number of anilines is 4. The summed E-state index contributed by atoms with van der Waals surface area (Å²) >= 11 is 0. The van der Waals surface area contributed by atoms with Crippen molar-refractivity contribution in [2.75, 3.05) is 42.1 Å². The molecule has 4 N–H and O–H groups in total. The number of aryl methyl sites for hydroxylation is 1. The fourth-order valence-electron chi connectivity index (χ4n) is 2.20. The smallest absolute Gasteiger partial charge is 0.230 e. The molecule has 0 unspecified atom stereocenters. The minimum atomic E-state index is 0.459. The van der Waals surface area contributed by atoms with Gasteiger partial charge in [-0.1, -0.05) is 0 Å². The van der Waals surface area contributed by atoms with Gasteiger partial charge in [0.05, 0.1) is 11.9 Å². The summed E-state index contributed by atoms with van der Waals surface area (Å²) in [4.78, 5) is 15.1. The molecule has 0 aromatic carbocycles. The van der Waals surface area contributed by atoms with Gasteiger partial charge >= 0.3 is 0 Å². The van der Waals surface area contributed by atoms with Gasteiger partial charge in [0.15, 0.2) is 0 Å². The normalized spacial score (nSPS) is 15.0. The van der Waals surface area contributed by atoms with E-state index in [9.17, 15) is 0 Å². The van der Waals surface area contributed by atoms with E-state index in [1.54, 1.807) is 6.20 Å². The van der Waals surface area contributed by atoms with E-state index in [4.69, 9.17) is 5.73 Å². The van der Waals surface area contributed by atoms with Crippen LogP contribution in [-0.2, 0) is 0 Å². The van der Waals surface area contributed by atoms with Crippen molar-refractivity contribution in [2.45, 2.75) is 6.92 Å². The molecule has 7 nitrogen and oxygen atoms in total. The third kappa shape index (κ3) is 3.19. The molecule has 0 aliphatic carbocycles. The quantitative estimate of drug-likeness (QED) is 0.772. The van der Waals surface area contributed by atoms with Crippen LogP contribution in [0.3, 0.4) is 0 Å². The lowest BCUT2D eigenvalue weighted by Gasteiger charge is -2.29. The highest BCUT2D eigenvalue weighted by Gasteiger charge is 2.10. The Hall–Kier alpha value is -2.41. The van der Waals surface area contributed by atoms with Gasteiger partial charge in [-0.2, -0.15) is 4.98 Å². The highest BCUT2D eigenvalue weighted by Crippen LogP contribution is 2.18. The number of nitrogens with zero attached hydrogens (tertiary/aromatic N) is 4. The average Bonchev–Trinajstić information content (AvgIpc) is 2.53. The second-order valence-corrected chi connectivity index (χ2v) is 5.03. The van der Waals surface area contributed by atoms with Crippen molar-refractivity contribution in [1.29, 1.82) is 0 Å². The van der Waals surface area contributed by atoms with Crippen LogP contribution in [0.4, 0.5) is 23.3 Å². The summed E-state index contributed by atoms with van der Waals surface area (Å²) in [7, 11) is 0. The summed E-state index contributed by atoms with van der Waals surface area (Å²) in [5.74, 6) is 1.64. The number of piperazine rings is 1. The van der Waals surface area contributed by atoms with Crippen LogP contribution in [0, 0.1) is 6.92 Å². The lowest BCUT2D eigenvalue weighted by Crippen LogP contribution is -2.43. The third-order valence-corrected chi connectivity index (χ3v) is 3.48. The molecule has 0 spiro atoms. The summed E-state index contributed by atoms with van der Waals surface area (Å²) in [6.07, 6.45) is 3.56. The van der Waals surface area contributed by atoms with E-state index in [1.807, 2.05) is 19.2 Å². The average molecular weight is 285 g/mol. The van der Waals surface area contributed by atoms with Gasteiger partial charge < -0.3 is 21.3 Å². The monoisotopic (exact) mass is 285 g/mol. The van der Waals surface area contributed by atoms with Crippen LogP contribution >= 0.6 is 0 Å². The van der Waals surface area contributed by atoms with Gasteiger partial charge in [-0.3, -0.25) is 0 Å². The highest BCUT2D eigenvalue weighted by atomic mass is 15.2. The maximum absolute atomic E-state index is 5.77. The maximum atomic E-state index is 5.77. The van der Waals surface area contributed by atoms with Gasteiger partial charge in [-0.05, 0) is 19.1 Å². The number of pyridine rings is 1. The predicted octanol–water partition coefficient (Wildman–Crippen LogP) is 0.915. The second kappa shape index (κ2) is 5.92. The fraction of sp³-hybridized carbons (Fsp3) is 0.357. The molecule has 1 fully saturated rings. The Morgan fingerprint density at radius 3 is 2.67 bits per heavy atom. The summed E-state index contributed by atoms with van der Waals surface area (Å²) in [6.45, 7) is 5.91. The third-order valence-electron chi connectivity index (χ3n) is 3.48. The largest absolute Gasteiger partial charge is 0.383 e. The van der Waals surface area contributed by atoms with Gasteiger partial charge in [0, 0.05) is 37.9 Å². The first-order valence-electron chi connectivity index (χ1n) is 7.00. The Morgan fingerprint density at radius 2 is 2.00 bits per heavy atom.